The van der Waals surface area contributed by atoms with Gasteiger partial charge < -0.3 is 10.6 Å². The minimum Gasteiger partial charge on any atom is -0.389 e. The molecule has 100 valence electrons. The normalized spacial score (nSPS) is 12.3. The maximum Gasteiger partial charge on any atom is 0.182 e. The van der Waals surface area contributed by atoms with Crippen LogP contribution in [0, 0.1) is 11.6 Å². The summed E-state index contributed by atoms with van der Waals surface area (Å²) in [7, 11) is 1.74. The van der Waals surface area contributed by atoms with Crippen LogP contribution in [0.5, 0.6) is 0 Å². The fourth-order valence-corrected chi connectivity index (χ4v) is 2.46. The molecule has 0 aliphatic carbocycles. The molecule has 0 amide bonds. The average molecular weight is 290 g/mol. The number of rotatable bonds is 5. The Hall–Kier alpha value is -0.880. The van der Waals surface area contributed by atoms with Gasteiger partial charge in [-0.3, -0.25) is 0 Å². The molecular formula is C12H16F2N2S2. The van der Waals surface area contributed by atoms with Crippen molar-refractivity contribution >= 4 is 34.7 Å². The topological polar surface area (TPSA) is 29.3 Å². The lowest BCUT2D eigenvalue weighted by atomic mass is 10.1. The number of nitrogens with zero attached hydrogens (tertiary/aromatic N) is 1. The summed E-state index contributed by atoms with van der Waals surface area (Å²) < 4.78 is 27.7. The van der Waals surface area contributed by atoms with Crippen LogP contribution in [0.25, 0.3) is 0 Å². The summed E-state index contributed by atoms with van der Waals surface area (Å²) in [6, 6.07) is 3.02. The maximum absolute atomic E-state index is 13.9. The molecule has 1 atom stereocenters. The van der Waals surface area contributed by atoms with E-state index in [1.165, 1.54) is 12.1 Å². The predicted octanol–water partition coefficient (Wildman–Crippen LogP) is 2.79. The van der Waals surface area contributed by atoms with Gasteiger partial charge in [0.1, 0.15) is 4.99 Å². The van der Waals surface area contributed by atoms with Crippen LogP contribution in [0.3, 0.4) is 0 Å². The van der Waals surface area contributed by atoms with E-state index in [1.54, 1.807) is 23.7 Å². The number of thiocarbonyl (C=S) groups is 1. The molecule has 0 aliphatic rings. The number of nitrogens with two attached hydrogens (primary N) is 1. The number of anilines is 1. The Kier molecular flexibility index (Phi) is 5.34. The Morgan fingerprint density at radius 3 is 2.56 bits per heavy atom. The lowest BCUT2D eigenvalue weighted by Gasteiger charge is -2.27. The molecule has 0 aromatic heterocycles. The zero-order valence-electron chi connectivity index (χ0n) is 10.5. The maximum atomic E-state index is 13.9. The van der Waals surface area contributed by atoms with Crippen LogP contribution in [-0.2, 0) is 0 Å². The molecule has 6 heteroatoms. The first kappa shape index (κ1) is 15.2. The van der Waals surface area contributed by atoms with Crippen molar-refractivity contribution in [1.82, 2.24) is 0 Å². The van der Waals surface area contributed by atoms with Crippen LogP contribution >= 0.6 is 24.0 Å². The Morgan fingerprint density at radius 2 is 2.06 bits per heavy atom. The zero-order valence-corrected chi connectivity index (χ0v) is 12.2. The van der Waals surface area contributed by atoms with Crippen molar-refractivity contribution in [3.63, 3.8) is 0 Å². The van der Waals surface area contributed by atoms with Gasteiger partial charge in [-0.2, -0.15) is 11.8 Å². The van der Waals surface area contributed by atoms with Gasteiger partial charge in [0.2, 0.25) is 0 Å². The van der Waals surface area contributed by atoms with E-state index in [2.05, 4.69) is 12.2 Å². The molecule has 2 N–H and O–H groups in total. The molecule has 0 saturated carbocycles. The van der Waals surface area contributed by atoms with Crippen molar-refractivity contribution in [2.45, 2.75) is 13.0 Å². The van der Waals surface area contributed by atoms with E-state index in [4.69, 9.17) is 5.73 Å². The lowest BCUT2D eigenvalue weighted by Crippen LogP contribution is -2.32. The summed E-state index contributed by atoms with van der Waals surface area (Å²) in [6.45, 7) is 1.95. The molecule has 18 heavy (non-hydrogen) atoms. The average Bonchev–Trinajstić information content (AvgIpc) is 2.31. The first-order valence-electron chi connectivity index (χ1n) is 5.39. The SMILES string of the molecule is CSCC(C)N(C)c1ccc(C(N)=S)c(F)c1F. The number of benzene rings is 1. The van der Waals surface area contributed by atoms with Crippen molar-refractivity contribution < 1.29 is 8.78 Å². The summed E-state index contributed by atoms with van der Waals surface area (Å²) in [6.07, 6.45) is 1.97. The van der Waals surface area contributed by atoms with Crippen molar-refractivity contribution in [2.24, 2.45) is 5.73 Å². The summed E-state index contributed by atoms with van der Waals surface area (Å²) in [5.74, 6) is -1.06. The molecule has 1 aromatic rings. The van der Waals surface area contributed by atoms with Gasteiger partial charge in [0.15, 0.2) is 11.6 Å². The third-order valence-corrected chi connectivity index (χ3v) is 3.81. The van der Waals surface area contributed by atoms with E-state index in [0.29, 0.717) is 0 Å². The fourth-order valence-electron chi connectivity index (χ4n) is 1.59. The highest BCUT2D eigenvalue weighted by Gasteiger charge is 2.19. The molecule has 2 nitrogen and oxygen atoms in total. The molecule has 0 aliphatic heterocycles. The molecule has 0 saturated heterocycles. The Bertz CT molecular complexity index is 452. The zero-order chi connectivity index (χ0) is 13.9. The second-order valence-corrected chi connectivity index (χ2v) is 5.39. The van der Waals surface area contributed by atoms with E-state index in [1.807, 2.05) is 13.2 Å². The predicted molar refractivity (Wildman–Crippen MR) is 78.5 cm³/mol. The second kappa shape index (κ2) is 6.33. The van der Waals surface area contributed by atoms with Crippen molar-refractivity contribution in [3.05, 3.63) is 29.3 Å². The summed E-state index contributed by atoms with van der Waals surface area (Å²) >= 11 is 6.32. The third-order valence-electron chi connectivity index (χ3n) is 2.78. The highest BCUT2D eigenvalue weighted by atomic mass is 32.2. The van der Waals surface area contributed by atoms with Gasteiger partial charge in [0, 0.05) is 24.4 Å². The van der Waals surface area contributed by atoms with Gasteiger partial charge >= 0.3 is 0 Å². The third kappa shape index (κ3) is 3.11. The molecular weight excluding hydrogens is 274 g/mol. The highest BCUT2D eigenvalue weighted by molar-refractivity contribution is 7.98. The molecule has 0 heterocycles. The smallest absolute Gasteiger partial charge is 0.182 e. The number of halogens is 2. The molecule has 0 radical (unpaired) electrons. The van der Waals surface area contributed by atoms with Gasteiger partial charge in [-0.1, -0.05) is 12.2 Å². The van der Waals surface area contributed by atoms with Gasteiger partial charge in [-0.15, -0.1) is 0 Å². The van der Waals surface area contributed by atoms with E-state index in [-0.39, 0.29) is 22.3 Å². The van der Waals surface area contributed by atoms with Gasteiger partial charge in [-0.25, -0.2) is 8.78 Å². The number of thioether (sulfide) groups is 1. The minimum atomic E-state index is -0.983. The highest BCUT2D eigenvalue weighted by Crippen LogP contribution is 2.25. The Labute approximate surface area is 116 Å². The van der Waals surface area contributed by atoms with Crippen LogP contribution in [-0.4, -0.2) is 30.1 Å². The van der Waals surface area contributed by atoms with Crippen LogP contribution in [0.15, 0.2) is 12.1 Å². The summed E-state index contributed by atoms with van der Waals surface area (Å²) in [5.41, 5.74) is 5.48. The summed E-state index contributed by atoms with van der Waals surface area (Å²) in [4.78, 5) is 1.57. The summed E-state index contributed by atoms with van der Waals surface area (Å²) in [5, 5.41) is 0. The van der Waals surface area contributed by atoms with Gasteiger partial charge in [0.05, 0.1) is 5.69 Å². The quantitative estimate of drug-likeness (QED) is 0.844. The van der Waals surface area contributed by atoms with Crippen molar-refractivity contribution in [3.8, 4) is 0 Å². The largest absolute Gasteiger partial charge is 0.389 e. The standard InChI is InChI=1S/C12H16F2N2S2/c1-7(6-18-3)16(2)9-5-4-8(12(15)17)10(13)11(9)14/h4-5,7H,6H2,1-3H3,(H2,15,17). The van der Waals surface area contributed by atoms with E-state index < -0.39 is 11.6 Å². The van der Waals surface area contributed by atoms with Crippen molar-refractivity contribution in [1.29, 1.82) is 0 Å². The van der Waals surface area contributed by atoms with E-state index in [0.717, 1.165) is 5.75 Å². The number of hydrogen-bond acceptors (Lipinski definition) is 3. The van der Waals surface area contributed by atoms with Crippen LogP contribution < -0.4 is 10.6 Å². The minimum absolute atomic E-state index is 0.0582. The molecule has 0 fully saturated rings. The second-order valence-electron chi connectivity index (χ2n) is 4.04. The van der Waals surface area contributed by atoms with Crippen LogP contribution in [0.4, 0.5) is 14.5 Å². The first-order chi connectivity index (χ1) is 8.40. The Balaban J connectivity index is 3.12. The molecule has 1 rings (SSSR count). The Morgan fingerprint density at radius 1 is 1.44 bits per heavy atom. The first-order valence-corrected chi connectivity index (χ1v) is 7.20. The van der Waals surface area contributed by atoms with Crippen LogP contribution in [0.1, 0.15) is 12.5 Å². The molecule has 0 spiro atoms. The lowest BCUT2D eigenvalue weighted by molar-refractivity contribution is 0.504. The molecule has 1 unspecified atom stereocenters. The van der Waals surface area contributed by atoms with Gasteiger partial charge in [-0.05, 0) is 25.3 Å². The van der Waals surface area contributed by atoms with Gasteiger partial charge in [0.25, 0.3) is 0 Å². The van der Waals surface area contributed by atoms with Crippen LogP contribution in [0.2, 0.25) is 0 Å². The number of hydrogen-bond donors (Lipinski definition) is 1. The van der Waals surface area contributed by atoms with Crippen molar-refractivity contribution in [2.75, 3.05) is 24.0 Å². The molecule has 1 aromatic carbocycles. The fraction of sp³-hybridized carbons (Fsp3) is 0.417. The molecule has 0 bridgehead atoms. The monoisotopic (exact) mass is 290 g/mol. The van der Waals surface area contributed by atoms with E-state index in [9.17, 15) is 8.78 Å². The van der Waals surface area contributed by atoms with E-state index >= 15 is 0 Å².